The van der Waals surface area contributed by atoms with Crippen LogP contribution in [-0.2, 0) is 9.59 Å². The van der Waals surface area contributed by atoms with Gasteiger partial charge in [-0.05, 0) is 28.5 Å². The largest absolute Gasteiger partial charge is 0.503 e. The van der Waals surface area contributed by atoms with Crippen LogP contribution < -0.4 is 4.90 Å². The molecule has 0 saturated heterocycles. The number of rotatable bonds is 4. The molecule has 3 aromatic carbocycles. The predicted octanol–water partition coefficient (Wildman–Crippen LogP) is 5.24. The third-order valence-corrected chi connectivity index (χ3v) is 5.30. The molecule has 0 aromatic heterocycles. The van der Waals surface area contributed by atoms with Crippen molar-refractivity contribution in [2.45, 2.75) is 19.9 Å². The molecule has 6 heteroatoms. The minimum absolute atomic E-state index is 0.0453. The maximum atomic E-state index is 14.0. The fourth-order valence-corrected chi connectivity index (χ4v) is 3.85. The second-order valence-corrected chi connectivity index (χ2v) is 7.53. The third kappa shape index (κ3) is 3.05. The topological polar surface area (TPSA) is 57.6 Å². The van der Waals surface area contributed by atoms with E-state index in [1.54, 1.807) is 26.0 Å². The van der Waals surface area contributed by atoms with Gasteiger partial charge in [-0.3, -0.25) is 14.5 Å². The quantitative estimate of drug-likeness (QED) is 0.643. The summed E-state index contributed by atoms with van der Waals surface area (Å²) in [5, 5.41) is 12.3. The molecule has 0 bridgehead atoms. The van der Waals surface area contributed by atoms with Crippen molar-refractivity contribution in [3.63, 3.8) is 0 Å². The lowest BCUT2D eigenvalue weighted by Gasteiger charge is -2.28. The van der Waals surface area contributed by atoms with Crippen molar-refractivity contribution in [2.75, 3.05) is 4.90 Å². The first kappa shape index (κ1) is 19.8. The fraction of sp³-hybridized carbons (Fsp3) is 0.167. The summed E-state index contributed by atoms with van der Waals surface area (Å²) in [7, 11) is 0. The monoisotopic (exact) mass is 407 g/mol. The first-order valence-corrected chi connectivity index (χ1v) is 9.55. The summed E-state index contributed by atoms with van der Waals surface area (Å²) in [5.41, 5.74) is 0.616. The molecule has 0 fully saturated rings. The molecule has 0 saturated carbocycles. The van der Waals surface area contributed by atoms with Gasteiger partial charge in [0.05, 0.1) is 11.6 Å². The Balaban J connectivity index is 1.99. The fourth-order valence-electron chi connectivity index (χ4n) is 3.85. The second-order valence-electron chi connectivity index (χ2n) is 7.53. The highest BCUT2D eigenvalue weighted by Crippen LogP contribution is 2.44. The number of hydrogen-bond acceptors (Lipinski definition) is 3. The number of nitrogens with zero attached hydrogens (tertiary/aromatic N) is 1. The number of carbonyl (C=O) groups is 2. The van der Waals surface area contributed by atoms with Crippen LogP contribution in [0.3, 0.4) is 0 Å². The van der Waals surface area contributed by atoms with Crippen LogP contribution in [0.25, 0.3) is 10.8 Å². The molecular weight excluding hydrogens is 388 g/mol. The highest BCUT2D eigenvalue weighted by Gasteiger charge is 2.45. The number of anilines is 1. The molecular formula is C24H19F2NO3. The van der Waals surface area contributed by atoms with Crippen LogP contribution in [0.2, 0.25) is 0 Å². The SMILES string of the molecule is CC(C)C(=O)C1=C(O)C(=O)N(c2ccc(F)c(F)c2)C1c1cccc2ccccc12. The van der Waals surface area contributed by atoms with Crippen LogP contribution >= 0.6 is 0 Å². The number of hydrogen-bond donors (Lipinski definition) is 1. The Bertz CT molecular complexity index is 1210. The minimum atomic E-state index is -1.12. The molecule has 4 nitrogen and oxygen atoms in total. The van der Waals surface area contributed by atoms with Gasteiger partial charge in [-0.15, -0.1) is 0 Å². The number of carbonyl (C=O) groups excluding carboxylic acids is 2. The molecule has 1 aliphatic heterocycles. The summed E-state index contributed by atoms with van der Waals surface area (Å²) in [4.78, 5) is 27.1. The van der Waals surface area contributed by atoms with Gasteiger partial charge < -0.3 is 5.11 Å². The summed E-state index contributed by atoms with van der Waals surface area (Å²) in [6.45, 7) is 3.35. The maximum Gasteiger partial charge on any atom is 0.294 e. The standard InChI is InChI=1S/C24H19F2NO3/c1-13(2)22(28)20-21(17-9-5-7-14-6-3-4-8-16(14)17)27(24(30)23(20)29)15-10-11-18(25)19(26)12-15/h3-13,21,29H,1-2H3. The van der Waals surface area contributed by atoms with Gasteiger partial charge in [-0.25, -0.2) is 8.78 Å². The molecule has 1 heterocycles. The first-order chi connectivity index (χ1) is 14.3. The molecule has 1 atom stereocenters. The number of ketones is 1. The Morgan fingerprint density at radius 1 is 1.00 bits per heavy atom. The van der Waals surface area contributed by atoms with Crippen molar-refractivity contribution >= 4 is 28.2 Å². The molecule has 0 aliphatic carbocycles. The molecule has 4 rings (SSSR count). The van der Waals surface area contributed by atoms with E-state index < -0.39 is 35.3 Å². The van der Waals surface area contributed by atoms with Crippen LogP contribution in [0.15, 0.2) is 72.0 Å². The summed E-state index contributed by atoms with van der Waals surface area (Å²) in [6.07, 6.45) is 0. The predicted molar refractivity (Wildman–Crippen MR) is 110 cm³/mol. The van der Waals surface area contributed by atoms with E-state index in [1.165, 1.54) is 6.07 Å². The van der Waals surface area contributed by atoms with Crippen LogP contribution in [0.1, 0.15) is 25.5 Å². The van der Waals surface area contributed by atoms with Crippen molar-refractivity contribution < 1.29 is 23.5 Å². The zero-order valence-electron chi connectivity index (χ0n) is 16.4. The Labute approximate surface area is 172 Å². The van der Waals surface area contributed by atoms with E-state index in [0.717, 1.165) is 27.8 Å². The number of aliphatic hydroxyl groups is 1. The van der Waals surface area contributed by atoms with Gasteiger partial charge in [0.15, 0.2) is 23.2 Å². The average Bonchev–Trinajstić information content (AvgIpc) is 2.99. The van der Waals surface area contributed by atoms with Crippen LogP contribution in [0, 0.1) is 17.6 Å². The highest BCUT2D eigenvalue weighted by molar-refractivity contribution is 6.17. The molecule has 1 unspecified atom stereocenters. The van der Waals surface area contributed by atoms with E-state index in [9.17, 15) is 23.5 Å². The van der Waals surface area contributed by atoms with Crippen molar-refractivity contribution in [3.05, 3.63) is 89.2 Å². The molecule has 1 N–H and O–H groups in total. The van der Waals surface area contributed by atoms with E-state index in [0.29, 0.717) is 5.56 Å². The van der Waals surface area contributed by atoms with Crippen LogP contribution in [0.5, 0.6) is 0 Å². The molecule has 0 spiro atoms. The van der Waals surface area contributed by atoms with Gasteiger partial charge in [0.1, 0.15) is 0 Å². The number of halogens is 2. The lowest BCUT2D eigenvalue weighted by Crippen LogP contribution is -2.31. The molecule has 152 valence electrons. The van der Waals surface area contributed by atoms with Crippen molar-refractivity contribution in [3.8, 4) is 0 Å². The van der Waals surface area contributed by atoms with Gasteiger partial charge in [-0.1, -0.05) is 56.3 Å². The van der Waals surface area contributed by atoms with Crippen LogP contribution in [0.4, 0.5) is 14.5 Å². The zero-order chi connectivity index (χ0) is 21.6. The average molecular weight is 407 g/mol. The Hall–Kier alpha value is -3.54. The van der Waals surface area contributed by atoms with Gasteiger partial charge in [0, 0.05) is 17.7 Å². The molecule has 1 aliphatic rings. The number of Topliss-reactive ketones (excluding diaryl/α,β-unsaturated/α-hetero) is 1. The van der Waals surface area contributed by atoms with Crippen molar-refractivity contribution in [2.24, 2.45) is 5.92 Å². The van der Waals surface area contributed by atoms with E-state index >= 15 is 0 Å². The normalized spacial score (nSPS) is 16.8. The van der Waals surface area contributed by atoms with E-state index in [2.05, 4.69) is 0 Å². The summed E-state index contributed by atoms with van der Waals surface area (Å²) >= 11 is 0. The molecule has 3 aromatic rings. The Kier molecular flexibility index (Phi) is 4.86. The van der Waals surface area contributed by atoms with Gasteiger partial charge in [-0.2, -0.15) is 0 Å². The van der Waals surface area contributed by atoms with Crippen molar-refractivity contribution in [1.82, 2.24) is 0 Å². The number of aliphatic hydroxyl groups excluding tert-OH is 1. The maximum absolute atomic E-state index is 14.0. The minimum Gasteiger partial charge on any atom is -0.503 e. The molecule has 30 heavy (non-hydrogen) atoms. The lowest BCUT2D eigenvalue weighted by molar-refractivity contribution is -0.119. The van der Waals surface area contributed by atoms with Gasteiger partial charge in [0.25, 0.3) is 5.91 Å². The summed E-state index contributed by atoms with van der Waals surface area (Å²) in [6, 6.07) is 15.0. The molecule has 1 amide bonds. The van der Waals surface area contributed by atoms with Crippen LogP contribution in [-0.4, -0.2) is 16.8 Å². The number of benzene rings is 3. The summed E-state index contributed by atoms with van der Waals surface area (Å²) in [5.74, 6) is -4.54. The van der Waals surface area contributed by atoms with E-state index in [-0.39, 0.29) is 17.0 Å². The first-order valence-electron chi connectivity index (χ1n) is 9.55. The lowest BCUT2D eigenvalue weighted by atomic mass is 9.88. The number of amides is 1. The van der Waals surface area contributed by atoms with E-state index in [1.807, 2.05) is 30.3 Å². The Morgan fingerprint density at radius 3 is 2.40 bits per heavy atom. The third-order valence-electron chi connectivity index (χ3n) is 5.30. The van der Waals surface area contributed by atoms with Crippen molar-refractivity contribution in [1.29, 1.82) is 0 Å². The second kappa shape index (κ2) is 7.37. The molecule has 0 radical (unpaired) electrons. The van der Waals surface area contributed by atoms with Gasteiger partial charge in [0.2, 0.25) is 0 Å². The smallest absolute Gasteiger partial charge is 0.294 e. The highest BCUT2D eigenvalue weighted by atomic mass is 19.2. The van der Waals surface area contributed by atoms with E-state index in [4.69, 9.17) is 0 Å². The van der Waals surface area contributed by atoms with Gasteiger partial charge >= 0.3 is 0 Å². The Morgan fingerprint density at radius 2 is 1.70 bits per heavy atom. The summed E-state index contributed by atoms with van der Waals surface area (Å²) < 4.78 is 27.5. The number of fused-ring (bicyclic) bond motifs is 1. The zero-order valence-corrected chi connectivity index (χ0v) is 16.4.